The van der Waals surface area contributed by atoms with Crippen molar-refractivity contribution in [2.45, 2.75) is 56.8 Å². The molecular formula is C16H24N2O3S. The zero-order chi connectivity index (χ0) is 15.4. The van der Waals surface area contributed by atoms with Gasteiger partial charge in [0.25, 0.3) is 0 Å². The van der Waals surface area contributed by atoms with Crippen molar-refractivity contribution in [3.05, 3.63) is 11.7 Å². The molecule has 0 amide bonds. The predicted molar refractivity (Wildman–Crippen MR) is 82.2 cm³/mol. The van der Waals surface area contributed by atoms with Gasteiger partial charge in [0.2, 0.25) is 5.89 Å². The molecule has 4 bridgehead atoms. The van der Waals surface area contributed by atoms with E-state index in [1.807, 2.05) is 0 Å². The van der Waals surface area contributed by atoms with Gasteiger partial charge in [-0.05, 0) is 62.7 Å². The average molecular weight is 324 g/mol. The molecule has 1 aromatic heterocycles. The standard InChI is InChI=1S/C16H24N2O3S/c1-22(19,20)4-2-3-14-17-15(18-21-14)16-8-11-5-12(9-16)7-13(6-11)10-16/h11-13H,2-10H2,1H3. The summed E-state index contributed by atoms with van der Waals surface area (Å²) in [6.07, 6.45) is 10.3. The van der Waals surface area contributed by atoms with Crippen molar-refractivity contribution >= 4 is 9.84 Å². The molecule has 5 nitrogen and oxygen atoms in total. The molecule has 1 aromatic rings. The summed E-state index contributed by atoms with van der Waals surface area (Å²) >= 11 is 0. The molecule has 5 rings (SSSR count). The minimum atomic E-state index is -2.91. The summed E-state index contributed by atoms with van der Waals surface area (Å²) in [7, 11) is -2.91. The van der Waals surface area contributed by atoms with Crippen molar-refractivity contribution in [1.29, 1.82) is 0 Å². The van der Waals surface area contributed by atoms with Crippen LogP contribution in [-0.4, -0.2) is 30.6 Å². The van der Waals surface area contributed by atoms with E-state index in [-0.39, 0.29) is 11.2 Å². The molecule has 22 heavy (non-hydrogen) atoms. The molecule has 4 fully saturated rings. The lowest BCUT2D eigenvalue weighted by Crippen LogP contribution is -2.49. The van der Waals surface area contributed by atoms with Crippen molar-refractivity contribution in [2.75, 3.05) is 12.0 Å². The first-order valence-electron chi connectivity index (χ1n) is 8.43. The number of nitrogens with zero attached hydrogens (tertiary/aromatic N) is 2. The Hall–Kier alpha value is -0.910. The molecular weight excluding hydrogens is 300 g/mol. The second kappa shape index (κ2) is 5.05. The molecule has 122 valence electrons. The zero-order valence-corrected chi connectivity index (χ0v) is 13.9. The lowest BCUT2D eigenvalue weighted by Gasteiger charge is -2.55. The van der Waals surface area contributed by atoms with Crippen LogP contribution in [0.25, 0.3) is 0 Å². The Balaban J connectivity index is 1.47. The fourth-order valence-electron chi connectivity index (χ4n) is 5.44. The number of rotatable bonds is 5. The summed E-state index contributed by atoms with van der Waals surface area (Å²) in [5.74, 6) is 4.27. The third-order valence-electron chi connectivity index (χ3n) is 5.89. The molecule has 0 N–H and O–H groups in total. The number of aryl methyl sites for hydroxylation is 1. The lowest BCUT2D eigenvalue weighted by molar-refractivity contribution is -0.0103. The third kappa shape index (κ3) is 2.70. The highest BCUT2D eigenvalue weighted by Gasteiger charge is 2.53. The number of aromatic nitrogens is 2. The SMILES string of the molecule is CS(=O)(=O)CCCc1nc(C23CC4CC(CC(C4)C2)C3)no1. The molecule has 4 aliphatic carbocycles. The van der Waals surface area contributed by atoms with Crippen LogP contribution >= 0.6 is 0 Å². The van der Waals surface area contributed by atoms with Crippen molar-refractivity contribution in [2.24, 2.45) is 17.8 Å². The van der Waals surface area contributed by atoms with E-state index in [4.69, 9.17) is 4.52 Å². The van der Waals surface area contributed by atoms with Crippen LogP contribution in [0.4, 0.5) is 0 Å². The second-order valence-corrected chi connectivity index (χ2v) is 10.2. The van der Waals surface area contributed by atoms with Gasteiger partial charge >= 0.3 is 0 Å². The van der Waals surface area contributed by atoms with E-state index in [0.29, 0.717) is 18.7 Å². The van der Waals surface area contributed by atoms with Crippen LogP contribution < -0.4 is 0 Å². The first-order valence-corrected chi connectivity index (χ1v) is 10.5. The predicted octanol–water partition coefficient (Wildman–Crippen LogP) is 2.51. The van der Waals surface area contributed by atoms with E-state index in [1.54, 1.807) is 0 Å². The van der Waals surface area contributed by atoms with Gasteiger partial charge in [-0.15, -0.1) is 0 Å². The minimum absolute atomic E-state index is 0.160. The van der Waals surface area contributed by atoms with Gasteiger partial charge in [0.05, 0.1) is 5.75 Å². The number of sulfone groups is 1. The maximum Gasteiger partial charge on any atom is 0.226 e. The maximum atomic E-state index is 11.2. The highest BCUT2D eigenvalue weighted by atomic mass is 32.2. The van der Waals surface area contributed by atoms with Crippen molar-refractivity contribution in [3.8, 4) is 0 Å². The van der Waals surface area contributed by atoms with Crippen molar-refractivity contribution < 1.29 is 12.9 Å². The summed E-state index contributed by atoms with van der Waals surface area (Å²) in [5.41, 5.74) is 0.160. The molecule has 0 radical (unpaired) electrons. The molecule has 6 heteroatoms. The van der Waals surface area contributed by atoms with Crippen molar-refractivity contribution in [1.82, 2.24) is 10.1 Å². The van der Waals surface area contributed by atoms with E-state index in [1.165, 1.54) is 44.8 Å². The van der Waals surface area contributed by atoms with Crippen molar-refractivity contribution in [3.63, 3.8) is 0 Å². The van der Waals surface area contributed by atoms with Crippen LogP contribution in [0.15, 0.2) is 4.52 Å². The molecule has 0 atom stereocenters. The monoisotopic (exact) mass is 324 g/mol. The normalized spacial score (nSPS) is 36.9. The molecule has 4 aliphatic rings. The van der Waals surface area contributed by atoms with Gasteiger partial charge in [0.15, 0.2) is 5.82 Å². The molecule has 4 saturated carbocycles. The van der Waals surface area contributed by atoms with Gasteiger partial charge in [-0.25, -0.2) is 8.42 Å². The second-order valence-electron chi connectivity index (χ2n) is 7.94. The van der Waals surface area contributed by atoms with Gasteiger partial charge in [-0.2, -0.15) is 4.98 Å². The first kappa shape index (κ1) is 14.7. The third-order valence-corrected chi connectivity index (χ3v) is 6.92. The Labute approximate surface area is 131 Å². The molecule has 0 saturated heterocycles. The van der Waals surface area contributed by atoms with E-state index >= 15 is 0 Å². The van der Waals surface area contributed by atoms with Crippen LogP contribution in [0.2, 0.25) is 0 Å². The van der Waals surface area contributed by atoms with Gasteiger partial charge in [0, 0.05) is 18.1 Å². The molecule has 1 heterocycles. The summed E-state index contributed by atoms with van der Waals surface area (Å²) in [6.45, 7) is 0. The quantitative estimate of drug-likeness (QED) is 0.832. The van der Waals surface area contributed by atoms with E-state index in [9.17, 15) is 8.42 Å². The Morgan fingerprint density at radius 2 is 1.73 bits per heavy atom. The average Bonchev–Trinajstić information content (AvgIpc) is 2.85. The Morgan fingerprint density at radius 1 is 1.14 bits per heavy atom. The van der Waals surface area contributed by atoms with E-state index in [2.05, 4.69) is 10.1 Å². The highest BCUT2D eigenvalue weighted by Crippen LogP contribution is 2.60. The lowest BCUT2D eigenvalue weighted by atomic mass is 9.49. The van der Waals surface area contributed by atoms with Crippen LogP contribution in [-0.2, 0) is 21.7 Å². The summed E-state index contributed by atoms with van der Waals surface area (Å²) in [6, 6.07) is 0. The number of hydrogen-bond donors (Lipinski definition) is 0. The van der Waals surface area contributed by atoms with Crippen LogP contribution in [0.3, 0.4) is 0 Å². The highest BCUT2D eigenvalue weighted by molar-refractivity contribution is 7.90. The molecule has 0 spiro atoms. The topological polar surface area (TPSA) is 73.1 Å². The van der Waals surface area contributed by atoms with Crippen LogP contribution in [0.1, 0.15) is 56.7 Å². The van der Waals surface area contributed by atoms with Gasteiger partial charge in [0.1, 0.15) is 9.84 Å². The van der Waals surface area contributed by atoms with Crippen LogP contribution in [0.5, 0.6) is 0 Å². The van der Waals surface area contributed by atoms with Gasteiger partial charge in [-0.1, -0.05) is 5.16 Å². The summed E-state index contributed by atoms with van der Waals surface area (Å²) in [5, 5.41) is 4.29. The van der Waals surface area contributed by atoms with Gasteiger partial charge in [-0.3, -0.25) is 0 Å². The van der Waals surface area contributed by atoms with Gasteiger partial charge < -0.3 is 4.52 Å². The summed E-state index contributed by atoms with van der Waals surface area (Å²) in [4.78, 5) is 4.65. The smallest absolute Gasteiger partial charge is 0.226 e. The Bertz CT molecular complexity index is 629. The molecule has 0 unspecified atom stereocenters. The Morgan fingerprint density at radius 3 is 2.27 bits per heavy atom. The number of hydrogen-bond acceptors (Lipinski definition) is 5. The maximum absolute atomic E-state index is 11.2. The minimum Gasteiger partial charge on any atom is -0.339 e. The fourth-order valence-corrected chi connectivity index (χ4v) is 6.11. The van der Waals surface area contributed by atoms with E-state index < -0.39 is 9.84 Å². The molecule has 0 aromatic carbocycles. The van der Waals surface area contributed by atoms with Crippen LogP contribution in [0, 0.1) is 17.8 Å². The zero-order valence-electron chi connectivity index (χ0n) is 13.1. The Kier molecular flexibility index (Phi) is 3.36. The molecule has 0 aliphatic heterocycles. The largest absolute Gasteiger partial charge is 0.339 e. The summed E-state index contributed by atoms with van der Waals surface area (Å²) < 4.78 is 27.8. The van der Waals surface area contributed by atoms with E-state index in [0.717, 1.165) is 23.6 Å². The first-order chi connectivity index (χ1) is 10.4. The fraction of sp³-hybridized carbons (Fsp3) is 0.875.